The Bertz CT molecular complexity index is 773. The number of hydrogen-bond donors (Lipinski definition) is 1. The highest BCUT2D eigenvalue weighted by atomic mass is 16.5. The van der Waals surface area contributed by atoms with E-state index < -0.39 is 0 Å². The molecule has 0 unspecified atom stereocenters. The number of nitrogens with one attached hydrogen (secondary N) is 1. The number of aryl methyl sites for hydroxylation is 2. The molecule has 0 atom stereocenters. The van der Waals surface area contributed by atoms with Gasteiger partial charge in [-0.05, 0) is 6.92 Å². The number of hydrogen-bond acceptors (Lipinski definition) is 6. The summed E-state index contributed by atoms with van der Waals surface area (Å²) in [6, 6.07) is 2.00. The van der Waals surface area contributed by atoms with Crippen LogP contribution in [0.25, 0.3) is 0 Å². The Morgan fingerprint density at radius 3 is 2.86 bits per heavy atom. The maximum Gasteiger partial charge on any atom is 0.194 e. The summed E-state index contributed by atoms with van der Waals surface area (Å²) in [4.78, 5) is 9.51. The van der Waals surface area contributed by atoms with Gasteiger partial charge in [0.05, 0.1) is 12.2 Å². The van der Waals surface area contributed by atoms with Gasteiger partial charge < -0.3 is 19.3 Å². The van der Waals surface area contributed by atoms with E-state index in [4.69, 9.17) is 9.52 Å². The molecule has 0 radical (unpaired) electrons. The van der Waals surface area contributed by atoms with E-state index >= 15 is 0 Å². The molecule has 2 aromatic heterocycles. The van der Waals surface area contributed by atoms with Crippen molar-refractivity contribution < 1.29 is 4.52 Å². The van der Waals surface area contributed by atoms with Crippen molar-refractivity contribution in [3.63, 3.8) is 0 Å². The van der Waals surface area contributed by atoms with E-state index in [0.29, 0.717) is 13.1 Å². The fourth-order valence-corrected chi connectivity index (χ4v) is 3.27. The highest BCUT2D eigenvalue weighted by molar-refractivity contribution is 5.80. The first-order valence-corrected chi connectivity index (χ1v) is 9.85. The van der Waals surface area contributed by atoms with Crippen LogP contribution in [0.4, 0.5) is 0 Å². The van der Waals surface area contributed by atoms with Gasteiger partial charge in [0.15, 0.2) is 5.96 Å². The van der Waals surface area contributed by atoms with Gasteiger partial charge in [-0.2, -0.15) is 0 Å². The Morgan fingerprint density at radius 1 is 1.36 bits per heavy atom. The average Bonchev–Trinajstić information content (AvgIpc) is 3.33. The Labute approximate surface area is 166 Å². The number of rotatable bonds is 8. The Balaban J connectivity index is 1.53. The van der Waals surface area contributed by atoms with E-state index in [9.17, 15) is 0 Å². The summed E-state index contributed by atoms with van der Waals surface area (Å²) in [6.07, 6.45) is 4.50. The van der Waals surface area contributed by atoms with E-state index in [-0.39, 0.29) is 0 Å². The lowest BCUT2D eigenvalue weighted by atomic mass is 10.3. The van der Waals surface area contributed by atoms with Crippen LogP contribution < -0.4 is 5.32 Å². The number of guanidine groups is 1. The van der Waals surface area contributed by atoms with Gasteiger partial charge in [-0.3, -0.25) is 9.89 Å². The van der Waals surface area contributed by atoms with Gasteiger partial charge in [0.1, 0.15) is 17.9 Å². The molecule has 1 aliphatic heterocycles. The van der Waals surface area contributed by atoms with Gasteiger partial charge in [0.25, 0.3) is 0 Å². The molecular weight excluding hydrogens is 356 g/mol. The fraction of sp³-hybridized carbons (Fsp3) is 0.579. The summed E-state index contributed by atoms with van der Waals surface area (Å²) < 4.78 is 7.23. The van der Waals surface area contributed by atoms with Crippen LogP contribution in [0.1, 0.15) is 24.2 Å². The molecule has 3 heterocycles. The van der Waals surface area contributed by atoms with Gasteiger partial charge in [0, 0.05) is 58.3 Å². The summed E-state index contributed by atoms with van der Waals surface area (Å²) in [7, 11) is 0. The lowest BCUT2D eigenvalue weighted by Crippen LogP contribution is -2.52. The van der Waals surface area contributed by atoms with E-state index in [1.807, 2.05) is 19.1 Å². The minimum absolute atomic E-state index is 0.683. The monoisotopic (exact) mass is 386 g/mol. The van der Waals surface area contributed by atoms with Crippen molar-refractivity contribution in [2.24, 2.45) is 4.99 Å². The third-order valence-corrected chi connectivity index (χ3v) is 4.75. The summed E-state index contributed by atoms with van der Waals surface area (Å²) in [5, 5.41) is 15.6. The van der Waals surface area contributed by atoms with Crippen molar-refractivity contribution in [2.75, 3.05) is 39.3 Å². The molecule has 0 aromatic carbocycles. The molecule has 0 bridgehead atoms. The zero-order valence-electron chi connectivity index (χ0n) is 16.8. The third-order valence-electron chi connectivity index (χ3n) is 4.75. The van der Waals surface area contributed by atoms with Crippen molar-refractivity contribution >= 4 is 5.96 Å². The molecule has 1 fully saturated rings. The first kappa shape index (κ1) is 20.1. The lowest BCUT2D eigenvalue weighted by molar-refractivity contribution is 0.169. The van der Waals surface area contributed by atoms with Crippen LogP contribution in [0, 0.1) is 6.92 Å². The maximum atomic E-state index is 5.16. The molecule has 3 rings (SSSR count). The van der Waals surface area contributed by atoms with Crippen LogP contribution in [-0.4, -0.2) is 74.9 Å². The van der Waals surface area contributed by atoms with Crippen molar-refractivity contribution in [2.45, 2.75) is 33.4 Å². The molecule has 1 aliphatic rings. The first-order valence-electron chi connectivity index (χ1n) is 9.85. The summed E-state index contributed by atoms with van der Waals surface area (Å²) in [5.41, 5.74) is 0.991. The quantitative estimate of drug-likeness (QED) is 0.413. The van der Waals surface area contributed by atoms with Crippen molar-refractivity contribution in [3.05, 3.63) is 42.3 Å². The number of nitrogens with zero attached hydrogens (tertiary/aromatic N) is 7. The zero-order chi connectivity index (χ0) is 19.8. The topological polar surface area (TPSA) is 87.6 Å². The number of aromatic nitrogens is 4. The van der Waals surface area contributed by atoms with E-state index in [0.717, 1.165) is 68.9 Å². The molecule has 28 heavy (non-hydrogen) atoms. The molecular formula is C19H30N8O. The normalized spacial score (nSPS) is 15.8. The van der Waals surface area contributed by atoms with Gasteiger partial charge in [-0.25, -0.2) is 0 Å². The molecule has 152 valence electrons. The third kappa shape index (κ3) is 5.41. The largest absolute Gasteiger partial charge is 0.361 e. The SMILES string of the molecule is C=CCNC(=NCCn1cnnc1CC)N1CCN(Cc2cc(C)on2)CC1. The summed E-state index contributed by atoms with van der Waals surface area (Å²) >= 11 is 0. The molecule has 9 heteroatoms. The Morgan fingerprint density at radius 2 is 2.18 bits per heavy atom. The number of piperazine rings is 1. The van der Waals surface area contributed by atoms with Crippen LogP contribution in [0.2, 0.25) is 0 Å². The smallest absolute Gasteiger partial charge is 0.194 e. The van der Waals surface area contributed by atoms with Crippen LogP contribution >= 0.6 is 0 Å². The first-order chi connectivity index (χ1) is 13.7. The van der Waals surface area contributed by atoms with E-state index in [2.05, 4.69) is 48.5 Å². The summed E-state index contributed by atoms with van der Waals surface area (Å²) in [5.74, 6) is 2.78. The molecule has 2 aromatic rings. The minimum atomic E-state index is 0.683. The second-order valence-corrected chi connectivity index (χ2v) is 6.86. The van der Waals surface area contributed by atoms with Crippen LogP contribution in [0.5, 0.6) is 0 Å². The van der Waals surface area contributed by atoms with Crippen LogP contribution in [0.15, 0.2) is 34.6 Å². The van der Waals surface area contributed by atoms with Gasteiger partial charge in [-0.1, -0.05) is 18.2 Å². The maximum absolute atomic E-state index is 5.16. The Kier molecular flexibility index (Phi) is 7.18. The molecule has 1 N–H and O–H groups in total. The average molecular weight is 387 g/mol. The molecule has 0 aliphatic carbocycles. The van der Waals surface area contributed by atoms with E-state index in [1.165, 1.54) is 0 Å². The highest BCUT2D eigenvalue weighted by Crippen LogP contribution is 2.09. The fourth-order valence-electron chi connectivity index (χ4n) is 3.27. The van der Waals surface area contributed by atoms with Crippen molar-refractivity contribution in [1.82, 2.24) is 35.0 Å². The molecule has 0 spiro atoms. The van der Waals surface area contributed by atoms with Crippen LogP contribution in [-0.2, 0) is 19.5 Å². The van der Waals surface area contributed by atoms with Gasteiger partial charge in [-0.15, -0.1) is 16.8 Å². The minimum Gasteiger partial charge on any atom is -0.361 e. The molecule has 9 nitrogen and oxygen atoms in total. The molecule has 0 amide bonds. The predicted octanol–water partition coefficient (Wildman–Crippen LogP) is 1.09. The zero-order valence-corrected chi connectivity index (χ0v) is 16.8. The second kappa shape index (κ2) is 10.0. The molecule has 1 saturated heterocycles. The predicted molar refractivity (Wildman–Crippen MR) is 108 cm³/mol. The highest BCUT2D eigenvalue weighted by Gasteiger charge is 2.20. The number of aliphatic imine (C=N–C) groups is 1. The Hall–Kier alpha value is -2.68. The van der Waals surface area contributed by atoms with Crippen molar-refractivity contribution in [3.8, 4) is 0 Å². The lowest BCUT2D eigenvalue weighted by Gasteiger charge is -2.36. The standard InChI is InChI=1S/C19H30N8O/c1-4-6-20-19(21-7-8-27-15-22-23-18(27)5-2)26-11-9-25(10-12-26)14-17-13-16(3)28-24-17/h4,13,15H,1,5-12,14H2,2-3H3,(H,20,21). The summed E-state index contributed by atoms with van der Waals surface area (Å²) in [6.45, 7) is 14.6. The van der Waals surface area contributed by atoms with E-state index in [1.54, 1.807) is 6.33 Å². The van der Waals surface area contributed by atoms with Gasteiger partial charge >= 0.3 is 0 Å². The van der Waals surface area contributed by atoms with Gasteiger partial charge in [0.2, 0.25) is 0 Å². The van der Waals surface area contributed by atoms with Crippen molar-refractivity contribution in [1.29, 1.82) is 0 Å². The van der Waals surface area contributed by atoms with Crippen LogP contribution in [0.3, 0.4) is 0 Å². The second-order valence-electron chi connectivity index (χ2n) is 6.86. The molecule has 0 saturated carbocycles.